The molecule has 0 atom stereocenters. The quantitative estimate of drug-likeness (QED) is 0.817. The number of halogens is 3. The molecule has 1 aromatic carbocycles. The lowest BCUT2D eigenvalue weighted by molar-refractivity contribution is -0.138. The van der Waals surface area contributed by atoms with Gasteiger partial charge in [0.25, 0.3) is 0 Å². The first kappa shape index (κ1) is 17.9. The standard InChI is InChI=1S/C13H19F3N2O2S/c1-10-11(13(14,15)16)6-4-7-12(10)21(19,20)18(3)9-5-8-17-2/h4,6-7,17H,5,8-9H2,1-3H3. The average Bonchev–Trinajstić information content (AvgIpc) is 2.37. The van der Waals surface area contributed by atoms with E-state index in [1.165, 1.54) is 20.0 Å². The minimum Gasteiger partial charge on any atom is -0.320 e. The largest absolute Gasteiger partial charge is 0.416 e. The molecule has 0 unspecified atom stereocenters. The third kappa shape index (κ3) is 4.18. The summed E-state index contributed by atoms with van der Waals surface area (Å²) >= 11 is 0. The number of benzene rings is 1. The fourth-order valence-corrected chi connectivity index (χ4v) is 3.42. The average molecular weight is 324 g/mol. The maximum Gasteiger partial charge on any atom is 0.416 e. The van der Waals surface area contributed by atoms with E-state index in [0.717, 1.165) is 16.4 Å². The zero-order valence-electron chi connectivity index (χ0n) is 12.2. The summed E-state index contributed by atoms with van der Waals surface area (Å²) in [6.07, 6.45) is -4.00. The molecule has 0 heterocycles. The van der Waals surface area contributed by atoms with Gasteiger partial charge in [0.1, 0.15) is 0 Å². The third-order valence-electron chi connectivity index (χ3n) is 3.18. The molecule has 0 fully saturated rings. The van der Waals surface area contributed by atoms with Crippen LogP contribution in [-0.2, 0) is 16.2 Å². The first-order chi connectivity index (χ1) is 9.62. The number of sulfonamides is 1. The van der Waals surface area contributed by atoms with Gasteiger partial charge < -0.3 is 5.32 Å². The Morgan fingerprint density at radius 3 is 2.43 bits per heavy atom. The van der Waals surface area contributed by atoms with E-state index in [1.54, 1.807) is 7.05 Å². The van der Waals surface area contributed by atoms with E-state index in [4.69, 9.17) is 0 Å². The smallest absolute Gasteiger partial charge is 0.320 e. The summed E-state index contributed by atoms with van der Waals surface area (Å²) < 4.78 is 64.4. The molecule has 1 rings (SSSR count). The molecule has 0 radical (unpaired) electrons. The molecule has 0 saturated carbocycles. The highest BCUT2D eigenvalue weighted by molar-refractivity contribution is 7.89. The molecular formula is C13H19F3N2O2S. The Balaban J connectivity index is 3.15. The summed E-state index contributed by atoms with van der Waals surface area (Å²) in [5, 5.41) is 2.88. The van der Waals surface area contributed by atoms with Gasteiger partial charge in [-0.15, -0.1) is 0 Å². The van der Waals surface area contributed by atoms with E-state index in [2.05, 4.69) is 5.32 Å². The molecule has 0 spiro atoms. The molecule has 0 saturated heterocycles. The van der Waals surface area contributed by atoms with E-state index in [0.29, 0.717) is 13.0 Å². The van der Waals surface area contributed by atoms with Crippen LogP contribution in [0.2, 0.25) is 0 Å². The maximum atomic E-state index is 12.8. The summed E-state index contributed by atoms with van der Waals surface area (Å²) in [4.78, 5) is -0.302. The van der Waals surface area contributed by atoms with Crippen molar-refractivity contribution in [3.05, 3.63) is 29.3 Å². The zero-order chi connectivity index (χ0) is 16.3. The normalized spacial score (nSPS) is 12.9. The molecule has 4 nitrogen and oxygen atoms in total. The van der Waals surface area contributed by atoms with Crippen LogP contribution in [0.5, 0.6) is 0 Å². The molecule has 0 aliphatic carbocycles. The lowest BCUT2D eigenvalue weighted by atomic mass is 10.1. The number of hydrogen-bond acceptors (Lipinski definition) is 3. The number of hydrogen-bond donors (Lipinski definition) is 1. The Bertz CT molecular complexity index is 586. The van der Waals surface area contributed by atoms with Crippen molar-refractivity contribution in [3.8, 4) is 0 Å². The predicted octanol–water partition coefficient (Wildman–Crippen LogP) is 2.24. The zero-order valence-corrected chi connectivity index (χ0v) is 13.0. The lowest BCUT2D eigenvalue weighted by Gasteiger charge is -2.20. The van der Waals surface area contributed by atoms with Gasteiger partial charge >= 0.3 is 6.18 Å². The highest BCUT2D eigenvalue weighted by Gasteiger charge is 2.35. The lowest BCUT2D eigenvalue weighted by Crippen LogP contribution is -2.30. The fraction of sp³-hybridized carbons (Fsp3) is 0.538. The van der Waals surface area contributed by atoms with E-state index in [1.807, 2.05) is 0 Å². The van der Waals surface area contributed by atoms with Crippen molar-refractivity contribution in [2.45, 2.75) is 24.4 Å². The first-order valence-corrected chi connectivity index (χ1v) is 7.84. The van der Waals surface area contributed by atoms with Gasteiger partial charge in [-0.05, 0) is 44.6 Å². The predicted molar refractivity (Wildman–Crippen MR) is 74.5 cm³/mol. The van der Waals surface area contributed by atoms with E-state index in [9.17, 15) is 21.6 Å². The number of nitrogens with one attached hydrogen (secondary N) is 1. The first-order valence-electron chi connectivity index (χ1n) is 6.40. The second-order valence-corrected chi connectivity index (χ2v) is 6.72. The summed E-state index contributed by atoms with van der Waals surface area (Å²) in [6, 6.07) is 3.20. The van der Waals surface area contributed by atoms with Gasteiger partial charge in [0.15, 0.2) is 0 Å². The van der Waals surface area contributed by atoms with E-state index < -0.39 is 21.8 Å². The van der Waals surface area contributed by atoms with Gasteiger partial charge in [-0.1, -0.05) is 6.07 Å². The van der Waals surface area contributed by atoms with Crippen molar-refractivity contribution in [3.63, 3.8) is 0 Å². The van der Waals surface area contributed by atoms with Crippen LogP contribution in [-0.4, -0.2) is 39.9 Å². The molecule has 0 aromatic heterocycles. The molecule has 0 amide bonds. The van der Waals surface area contributed by atoms with Gasteiger partial charge in [-0.25, -0.2) is 12.7 Å². The molecule has 0 aliphatic heterocycles. The van der Waals surface area contributed by atoms with E-state index >= 15 is 0 Å². The molecule has 1 aromatic rings. The van der Waals surface area contributed by atoms with Gasteiger partial charge in [-0.2, -0.15) is 13.2 Å². The molecule has 0 bridgehead atoms. The van der Waals surface area contributed by atoms with Crippen LogP contribution in [0.3, 0.4) is 0 Å². The SMILES string of the molecule is CNCCCN(C)S(=O)(=O)c1cccc(C(F)(F)F)c1C. The summed E-state index contributed by atoms with van der Waals surface area (Å²) in [7, 11) is -0.820. The van der Waals surface area contributed by atoms with Crippen molar-refractivity contribution in [1.82, 2.24) is 9.62 Å². The molecule has 8 heteroatoms. The maximum absolute atomic E-state index is 12.8. The Hall–Kier alpha value is -1.12. The van der Waals surface area contributed by atoms with Crippen LogP contribution in [0.15, 0.2) is 23.1 Å². The van der Waals surface area contributed by atoms with Crippen LogP contribution >= 0.6 is 0 Å². The van der Waals surface area contributed by atoms with Crippen LogP contribution in [0.4, 0.5) is 13.2 Å². The van der Waals surface area contributed by atoms with Gasteiger partial charge in [0.05, 0.1) is 10.5 Å². The van der Waals surface area contributed by atoms with Crippen molar-refractivity contribution in [2.75, 3.05) is 27.2 Å². The second-order valence-electron chi connectivity index (χ2n) is 4.71. The molecule has 0 aliphatic rings. The van der Waals surface area contributed by atoms with Crippen LogP contribution in [0.25, 0.3) is 0 Å². The van der Waals surface area contributed by atoms with Gasteiger partial charge in [0, 0.05) is 13.6 Å². The van der Waals surface area contributed by atoms with Crippen LogP contribution in [0, 0.1) is 6.92 Å². The van der Waals surface area contributed by atoms with Crippen LogP contribution < -0.4 is 5.32 Å². The van der Waals surface area contributed by atoms with Gasteiger partial charge in [-0.3, -0.25) is 0 Å². The summed E-state index contributed by atoms with van der Waals surface area (Å²) in [5.74, 6) is 0. The summed E-state index contributed by atoms with van der Waals surface area (Å²) in [6.45, 7) is 2.04. The molecule has 120 valence electrons. The Labute approximate surface area is 123 Å². The minimum atomic E-state index is -4.57. The molecular weight excluding hydrogens is 305 g/mol. The fourth-order valence-electron chi connectivity index (χ4n) is 1.97. The third-order valence-corrected chi connectivity index (χ3v) is 5.18. The molecule has 1 N–H and O–H groups in total. The van der Waals surface area contributed by atoms with E-state index in [-0.39, 0.29) is 17.0 Å². The van der Waals surface area contributed by atoms with Crippen LogP contribution in [0.1, 0.15) is 17.5 Å². The number of alkyl halides is 3. The summed E-state index contributed by atoms with van der Waals surface area (Å²) in [5.41, 5.74) is -1.20. The highest BCUT2D eigenvalue weighted by atomic mass is 32.2. The van der Waals surface area contributed by atoms with Crippen molar-refractivity contribution in [2.24, 2.45) is 0 Å². The number of rotatable bonds is 6. The Morgan fingerprint density at radius 1 is 1.29 bits per heavy atom. The molecule has 21 heavy (non-hydrogen) atoms. The van der Waals surface area contributed by atoms with Gasteiger partial charge in [0.2, 0.25) is 10.0 Å². The van der Waals surface area contributed by atoms with Crippen molar-refractivity contribution in [1.29, 1.82) is 0 Å². The second kappa shape index (κ2) is 6.76. The van der Waals surface area contributed by atoms with Crippen molar-refractivity contribution < 1.29 is 21.6 Å². The van der Waals surface area contributed by atoms with Crippen molar-refractivity contribution >= 4 is 10.0 Å². The minimum absolute atomic E-state index is 0.235. The monoisotopic (exact) mass is 324 g/mol. The highest BCUT2D eigenvalue weighted by Crippen LogP contribution is 2.34. The Kier molecular flexibility index (Phi) is 5.77. The number of nitrogens with zero attached hydrogens (tertiary/aromatic N) is 1. The topological polar surface area (TPSA) is 49.4 Å². The Morgan fingerprint density at radius 2 is 1.90 bits per heavy atom.